The molecule has 0 amide bonds. The Labute approximate surface area is 654 Å². The number of unbranched alkanes of at least 4 members (excludes halogenated alkanes) is 19. The summed E-state index contributed by atoms with van der Waals surface area (Å²) in [7, 11) is -10.0. The van der Waals surface area contributed by atoms with Gasteiger partial charge in [0.25, 0.3) is 0 Å². The fourth-order valence-electron chi connectivity index (χ4n) is 10.3. The molecule has 0 saturated carbocycles. The van der Waals surface area contributed by atoms with Gasteiger partial charge in [-0.3, -0.25) is 37.3 Å². The number of allylic oxidation sites excluding steroid dienone is 30. The summed E-state index contributed by atoms with van der Waals surface area (Å²) >= 11 is 0. The number of hydrogen-bond donors (Lipinski definition) is 3. The minimum atomic E-state index is -5.00. The summed E-state index contributed by atoms with van der Waals surface area (Å²) in [6.45, 7) is 4.33. The van der Waals surface area contributed by atoms with Crippen molar-refractivity contribution in [2.45, 2.75) is 316 Å². The number of carbonyl (C=O) groups excluding carboxylic acids is 4. The van der Waals surface area contributed by atoms with Gasteiger partial charge in [0.2, 0.25) is 0 Å². The summed E-state index contributed by atoms with van der Waals surface area (Å²) in [5, 5.41) is 10.7. The van der Waals surface area contributed by atoms with Gasteiger partial charge < -0.3 is 33.8 Å². The topological polar surface area (TPSA) is 237 Å². The van der Waals surface area contributed by atoms with E-state index in [1.165, 1.54) is 0 Å². The van der Waals surface area contributed by atoms with Gasteiger partial charge in [-0.05, 0) is 173 Å². The highest BCUT2D eigenvalue weighted by Crippen LogP contribution is 2.45. The molecule has 0 heterocycles. The van der Waals surface area contributed by atoms with E-state index < -0.39 is 97.5 Å². The summed E-state index contributed by atoms with van der Waals surface area (Å²) in [5.74, 6) is -2.27. The Bertz CT molecular complexity index is 2760. The van der Waals surface area contributed by atoms with Crippen LogP contribution in [0, 0.1) is 0 Å². The van der Waals surface area contributed by atoms with E-state index >= 15 is 0 Å². The van der Waals surface area contributed by atoms with Crippen molar-refractivity contribution in [3.8, 4) is 0 Å². The van der Waals surface area contributed by atoms with Gasteiger partial charge >= 0.3 is 39.5 Å². The molecule has 0 bridgehead atoms. The van der Waals surface area contributed by atoms with Crippen LogP contribution >= 0.6 is 15.6 Å². The van der Waals surface area contributed by atoms with Crippen molar-refractivity contribution >= 4 is 39.5 Å². The van der Waals surface area contributed by atoms with Gasteiger partial charge in [-0.1, -0.05) is 281 Å². The average Bonchev–Trinajstić information content (AvgIpc) is 0.906. The van der Waals surface area contributed by atoms with E-state index in [0.717, 1.165) is 218 Å². The third kappa shape index (κ3) is 78.3. The molecule has 0 aliphatic carbocycles. The lowest BCUT2D eigenvalue weighted by Gasteiger charge is -2.21. The van der Waals surface area contributed by atoms with Crippen LogP contribution in [0.15, 0.2) is 182 Å². The van der Waals surface area contributed by atoms with E-state index in [-0.39, 0.29) is 25.7 Å². The number of hydrogen-bond acceptors (Lipinski definition) is 15. The minimum absolute atomic E-state index is 0.0559. The molecule has 0 spiro atoms. The molecule has 0 aromatic rings. The van der Waals surface area contributed by atoms with Gasteiger partial charge in [0, 0.05) is 25.7 Å². The van der Waals surface area contributed by atoms with Crippen LogP contribution in [0.1, 0.15) is 297 Å². The van der Waals surface area contributed by atoms with Crippen molar-refractivity contribution in [3.63, 3.8) is 0 Å². The number of carbonyl (C=O) groups is 4. The van der Waals surface area contributed by atoms with Crippen molar-refractivity contribution in [2.24, 2.45) is 0 Å². The minimum Gasteiger partial charge on any atom is -0.462 e. The molecule has 108 heavy (non-hydrogen) atoms. The molecule has 5 atom stereocenters. The second-order valence-corrected chi connectivity index (χ2v) is 29.4. The molecular formula is C89H144O17P2. The van der Waals surface area contributed by atoms with Crippen molar-refractivity contribution in [3.05, 3.63) is 182 Å². The predicted octanol–water partition coefficient (Wildman–Crippen LogP) is 24.3. The van der Waals surface area contributed by atoms with E-state index in [2.05, 4.69) is 210 Å². The molecule has 3 N–H and O–H groups in total. The van der Waals surface area contributed by atoms with E-state index in [1.807, 2.05) is 0 Å². The number of aliphatic hydroxyl groups is 1. The van der Waals surface area contributed by atoms with Crippen LogP contribution in [0.2, 0.25) is 0 Å². The zero-order valence-corrected chi connectivity index (χ0v) is 68.7. The lowest BCUT2D eigenvalue weighted by molar-refractivity contribution is -0.161. The van der Waals surface area contributed by atoms with Crippen molar-refractivity contribution in [1.29, 1.82) is 0 Å². The maximum atomic E-state index is 13.1. The number of esters is 4. The SMILES string of the molecule is CC/C=C\C/C=C\C/C=C\C/C=C\CCCCCCCCC(=O)OCC(COP(=O)(O)OCC(O)COP(=O)(O)OCC(COC(=O)CCCCCC/C=C\C/C=C\C/C=C\C/C=C\CC)OC(=O)CCCCCCC/C=C\C/C=C\C/C=C\CC)OC(=O)CCCCCC/C=C\C/C=C\C/C=C\C/C=C\CC. The fraction of sp³-hybridized carbons (Fsp3) is 0.618. The lowest BCUT2D eigenvalue weighted by Crippen LogP contribution is -2.30. The standard InChI is InChI=1S/C89H144O17P2/c1-5-9-13-17-21-25-29-33-37-40-41-44-47-50-54-58-62-66-70-74-87(92)100-80-85(106-89(94)76-72-68-64-60-56-52-48-43-39-35-31-27-23-19-15-11-7-3)82-104-108(97,98)102-78-83(90)77-101-107(95,96)103-81-84(105-88(93)75-71-67-63-59-55-51-45-36-32-28-24-20-16-12-8-4)79-99-86(91)73-69-65-61-57-53-49-46-42-38-34-30-26-22-18-14-10-6-2/h9-16,21-28,33-39,41,44-46,48-49,52,83-85,90H,5-8,17-20,29-32,40,42-43,47,50-51,53-82H2,1-4H3,(H,95,96)(H,97,98)/b13-9-,14-10-,15-11-,16-12-,25-21-,26-22-,27-23-,28-24-,37-33-,38-34-,39-35-,44-41-,45-36-,49-46-,52-48-. The highest BCUT2D eigenvalue weighted by Gasteiger charge is 2.30. The Morgan fingerprint density at radius 3 is 0.694 bits per heavy atom. The van der Waals surface area contributed by atoms with Crippen LogP contribution in [0.5, 0.6) is 0 Å². The first-order chi connectivity index (χ1) is 52.7. The monoisotopic (exact) mass is 1550 g/mol. The third-order valence-corrected chi connectivity index (χ3v) is 18.3. The molecule has 0 aliphatic heterocycles. The van der Waals surface area contributed by atoms with Crippen LogP contribution in [0.4, 0.5) is 0 Å². The summed E-state index contributed by atoms with van der Waals surface area (Å²) in [4.78, 5) is 73.2. The first-order valence-corrected chi connectivity index (χ1v) is 44.0. The summed E-state index contributed by atoms with van der Waals surface area (Å²) < 4.78 is 68.7. The second-order valence-electron chi connectivity index (χ2n) is 26.5. The second kappa shape index (κ2) is 79.3. The Balaban J connectivity index is 5.46. The van der Waals surface area contributed by atoms with Gasteiger partial charge in [0.05, 0.1) is 26.4 Å². The predicted molar refractivity (Wildman–Crippen MR) is 445 cm³/mol. The molecule has 612 valence electrons. The molecular weight excluding hydrogens is 1400 g/mol. The number of rotatable bonds is 75. The molecule has 0 saturated heterocycles. The Hall–Kier alpha value is -5.84. The highest BCUT2D eigenvalue weighted by molar-refractivity contribution is 7.47. The molecule has 19 heteroatoms. The molecule has 0 aromatic carbocycles. The van der Waals surface area contributed by atoms with Gasteiger partial charge in [-0.25, -0.2) is 9.13 Å². The molecule has 0 fully saturated rings. The first kappa shape index (κ1) is 102. The van der Waals surface area contributed by atoms with E-state index in [0.29, 0.717) is 25.7 Å². The van der Waals surface area contributed by atoms with Crippen molar-refractivity contribution < 1.29 is 80.2 Å². The van der Waals surface area contributed by atoms with Crippen molar-refractivity contribution in [2.75, 3.05) is 39.6 Å². The lowest BCUT2D eigenvalue weighted by atomic mass is 10.1. The molecule has 0 aliphatic rings. The zero-order chi connectivity index (χ0) is 78.9. The zero-order valence-electron chi connectivity index (χ0n) is 66.9. The van der Waals surface area contributed by atoms with E-state index in [4.69, 9.17) is 37.0 Å². The van der Waals surface area contributed by atoms with Crippen LogP contribution in [-0.4, -0.2) is 96.7 Å². The number of phosphoric acid groups is 2. The average molecular weight is 1550 g/mol. The largest absolute Gasteiger partial charge is 0.472 e. The first-order valence-electron chi connectivity index (χ1n) is 41.0. The fourth-order valence-corrected chi connectivity index (χ4v) is 11.8. The number of aliphatic hydroxyl groups excluding tert-OH is 1. The van der Waals surface area contributed by atoms with Gasteiger partial charge in [-0.15, -0.1) is 0 Å². The van der Waals surface area contributed by atoms with Crippen LogP contribution < -0.4 is 0 Å². The molecule has 17 nitrogen and oxygen atoms in total. The van der Waals surface area contributed by atoms with Crippen LogP contribution in [0.25, 0.3) is 0 Å². The molecule has 0 aromatic heterocycles. The maximum Gasteiger partial charge on any atom is 0.472 e. The smallest absolute Gasteiger partial charge is 0.462 e. The highest BCUT2D eigenvalue weighted by atomic mass is 31.2. The summed E-state index contributed by atoms with van der Waals surface area (Å²) in [6, 6.07) is 0. The number of ether oxygens (including phenoxy) is 4. The molecule has 5 unspecified atom stereocenters. The Morgan fingerprint density at radius 1 is 0.259 bits per heavy atom. The van der Waals surface area contributed by atoms with E-state index in [9.17, 15) is 43.2 Å². The van der Waals surface area contributed by atoms with Crippen molar-refractivity contribution in [1.82, 2.24) is 0 Å². The number of phosphoric ester groups is 2. The maximum absolute atomic E-state index is 13.1. The van der Waals surface area contributed by atoms with Crippen LogP contribution in [0.3, 0.4) is 0 Å². The summed E-state index contributed by atoms with van der Waals surface area (Å²) in [5.41, 5.74) is 0. The van der Waals surface area contributed by atoms with E-state index in [1.54, 1.807) is 0 Å². The Morgan fingerprint density at radius 2 is 0.454 bits per heavy atom. The van der Waals surface area contributed by atoms with Gasteiger partial charge in [-0.2, -0.15) is 0 Å². The molecule has 0 rings (SSSR count). The van der Waals surface area contributed by atoms with Gasteiger partial charge in [0.15, 0.2) is 12.2 Å². The summed E-state index contributed by atoms with van der Waals surface area (Å²) in [6.07, 6.45) is 95.7. The van der Waals surface area contributed by atoms with Crippen LogP contribution in [-0.2, 0) is 65.4 Å². The normalized spacial score (nSPS) is 14.8. The Kier molecular flexibility index (Phi) is 75.0. The van der Waals surface area contributed by atoms with Gasteiger partial charge in [0.1, 0.15) is 19.3 Å². The quantitative estimate of drug-likeness (QED) is 0.0169. The molecule has 0 radical (unpaired) electrons. The third-order valence-electron chi connectivity index (χ3n) is 16.4.